The summed E-state index contributed by atoms with van der Waals surface area (Å²) in [6.45, 7) is 2.52. The number of Topliss-reactive ketones (excluding diaryl/α,β-unsaturated/α-hetero) is 5. The third-order valence-corrected chi connectivity index (χ3v) is 6.23. The molecule has 0 radical (unpaired) electrons. The predicted octanol–water partition coefficient (Wildman–Crippen LogP) is -2.64. The van der Waals surface area contributed by atoms with Crippen molar-refractivity contribution < 1.29 is 59.0 Å². The number of rotatable bonds is 9. The first-order chi connectivity index (χ1) is 13.9. The topological polar surface area (TPSA) is 213 Å². The fourth-order valence-corrected chi connectivity index (χ4v) is 4.11. The van der Waals surface area contributed by atoms with Crippen LogP contribution in [0.1, 0.15) is 40.5 Å². The van der Waals surface area contributed by atoms with Gasteiger partial charge in [0, 0.05) is 6.42 Å². The monoisotopic (exact) mass is 464 g/mol. The number of ketones is 5. The van der Waals surface area contributed by atoms with E-state index in [2.05, 4.69) is 12.6 Å². The third-order valence-electron chi connectivity index (χ3n) is 5.48. The Hall–Kier alpha value is -2.03. The Kier molecular flexibility index (Phi) is 7.39. The van der Waals surface area contributed by atoms with Crippen molar-refractivity contribution in [1.82, 2.24) is 0 Å². The number of carboxylic acids is 1. The lowest BCUT2D eigenvalue weighted by molar-refractivity contribution is -0.314. The van der Waals surface area contributed by atoms with Gasteiger partial charge >= 0.3 is 5.97 Å². The molecule has 0 aromatic carbocycles. The smallest absolute Gasteiger partial charge is 0.303 e. The first-order valence-corrected chi connectivity index (χ1v) is 9.37. The summed E-state index contributed by atoms with van der Waals surface area (Å²) >= 11 is 3.82. The minimum atomic E-state index is -3.82. The molecule has 0 saturated carbocycles. The average molecular weight is 464 g/mol. The maximum absolute atomic E-state index is 12.8. The molecule has 0 aromatic heterocycles. The van der Waals surface area contributed by atoms with Gasteiger partial charge in [-0.3, -0.25) is 28.8 Å². The van der Waals surface area contributed by atoms with Gasteiger partial charge in [-0.25, -0.2) is 0 Å². The summed E-state index contributed by atoms with van der Waals surface area (Å²) in [7, 11) is 0. The minimum Gasteiger partial charge on any atom is -0.481 e. The Morgan fingerprint density at radius 1 is 0.871 bits per heavy atom. The number of hydrogen-bond donors (Lipinski definition) is 6. The highest BCUT2D eigenvalue weighted by Gasteiger charge is 2.84. The second kappa shape index (κ2) is 8.48. The number of thiol groups is 1. The zero-order chi connectivity index (χ0) is 24.7. The quantitative estimate of drug-likeness (QED) is 0.193. The molecule has 1 saturated heterocycles. The van der Waals surface area contributed by atoms with Crippen molar-refractivity contribution in [3.63, 3.8) is 0 Å². The number of carbonyl (C=O) groups excluding carboxylic acids is 5. The van der Waals surface area contributed by atoms with Crippen LogP contribution in [0.15, 0.2) is 0 Å². The molecule has 0 spiro atoms. The molecule has 12 nitrogen and oxygen atoms in total. The fourth-order valence-electron chi connectivity index (χ4n) is 3.69. The molecule has 0 bridgehead atoms. The van der Waals surface area contributed by atoms with E-state index in [0.29, 0.717) is 20.8 Å². The zero-order valence-corrected chi connectivity index (χ0v) is 18.0. The van der Waals surface area contributed by atoms with Gasteiger partial charge in [-0.05, 0) is 34.1 Å². The molecule has 1 rings (SSSR count). The molecule has 31 heavy (non-hydrogen) atoms. The first kappa shape index (κ1) is 27.0. The normalized spacial score (nSPS) is 36.4. The van der Waals surface area contributed by atoms with E-state index in [4.69, 9.17) is 9.84 Å². The van der Waals surface area contributed by atoms with Crippen molar-refractivity contribution in [2.24, 2.45) is 0 Å². The van der Waals surface area contributed by atoms with Gasteiger partial charge in [0.15, 0.2) is 40.6 Å². The molecular weight excluding hydrogens is 440 g/mol. The van der Waals surface area contributed by atoms with Crippen LogP contribution in [0.25, 0.3) is 0 Å². The van der Waals surface area contributed by atoms with E-state index in [0.717, 1.165) is 6.92 Å². The van der Waals surface area contributed by atoms with Crippen molar-refractivity contribution in [2.75, 3.05) is 0 Å². The number of aliphatic hydroxyl groups excluding tert-OH is 1. The lowest BCUT2D eigenvalue weighted by atomic mass is 9.58. The Balaban J connectivity index is 3.95. The fraction of sp³-hybridized carbons (Fsp3) is 0.667. The van der Waals surface area contributed by atoms with E-state index < -0.39 is 81.7 Å². The maximum Gasteiger partial charge on any atom is 0.303 e. The van der Waals surface area contributed by atoms with E-state index >= 15 is 0 Å². The third kappa shape index (κ3) is 3.54. The zero-order valence-electron chi connectivity index (χ0n) is 17.1. The number of ether oxygens (including phenoxy) is 1. The van der Waals surface area contributed by atoms with Crippen LogP contribution in [-0.4, -0.2) is 94.4 Å². The van der Waals surface area contributed by atoms with Gasteiger partial charge in [0.1, 0.15) is 6.10 Å². The van der Waals surface area contributed by atoms with Gasteiger partial charge < -0.3 is 30.3 Å². The molecule has 1 fully saturated rings. The van der Waals surface area contributed by atoms with Gasteiger partial charge in [-0.15, -0.1) is 12.6 Å². The summed E-state index contributed by atoms with van der Waals surface area (Å²) in [4.78, 5) is 70.1. The molecule has 0 amide bonds. The van der Waals surface area contributed by atoms with E-state index in [1.807, 2.05) is 0 Å². The number of aliphatic hydroxyl groups is 4. The number of carboxylic acid groups (broad SMARTS) is 1. The molecule has 0 aromatic rings. The van der Waals surface area contributed by atoms with Crippen LogP contribution in [0.5, 0.6) is 0 Å². The molecule has 5 N–H and O–H groups in total. The van der Waals surface area contributed by atoms with Gasteiger partial charge in [0.25, 0.3) is 0 Å². The minimum absolute atomic E-state index is 0.573. The second-order valence-electron chi connectivity index (χ2n) is 7.40. The summed E-state index contributed by atoms with van der Waals surface area (Å²) in [5.41, 5.74) is -11.1. The van der Waals surface area contributed by atoms with Crippen molar-refractivity contribution in [3.05, 3.63) is 0 Å². The van der Waals surface area contributed by atoms with Crippen LogP contribution in [0.2, 0.25) is 0 Å². The van der Waals surface area contributed by atoms with Gasteiger partial charge in [-0.2, -0.15) is 0 Å². The summed E-state index contributed by atoms with van der Waals surface area (Å²) in [6.07, 6.45) is -6.34. The van der Waals surface area contributed by atoms with Gasteiger partial charge in [0.05, 0.1) is 0 Å². The molecule has 1 heterocycles. The van der Waals surface area contributed by atoms with E-state index in [-0.39, 0.29) is 0 Å². The average Bonchev–Trinajstić information content (AvgIpc) is 2.65. The molecule has 0 aliphatic carbocycles. The van der Waals surface area contributed by atoms with E-state index in [1.165, 1.54) is 0 Å². The Labute approximate surface area is 181 Å². The highest BCUT2D eigenvalue weighted by Crippen LogP contribution is 2.53. The predicted molar refractivity (Wildman–Crippen MR) is 102 cm³/mol. The van der Waals surface area contributed by atoms with Crippen LogP contribution in [0.3, 0.4) is 0 Å². The van der Waals surface area contributed by atoms with E-state index in [9.17, 15) is 49.2 Å². The first-order valence-electron chi connectivity index (χ1n) is 8.92. The molecule has 174 valence electrons. The van der Waals surface area contributed by atoms with Crippen molar-refractivity contribution in [3.8, 4) is 0 Å². The van der Waals surface area contributed by atoms with Crippen LogP contribution in [-0.2, 0) is 33.5 Å². The molecule has 1 aliphatic heterocycles. The second-order valence-corrected chi connectivity index (χ2v) is 8.03. The lowest BCUT2D eigenvalue weighted by Gasteiger charge is -2.60. The van der Waals surface area contributed by atoms with Crippen molar-refractivity contribution in [2.45, 2.75) is 74.5 Å². The Bertz CT molecular complexity index is 854. The van der Waals surface area contributed by atoms with Crippen LogP contribution in [0.4, 0.5) is 0 Å². The molecule has 1 aliphatic rings. The van der Waals surface area contributed by atoms with Crippen LogP contribution >= 0.6 is 12.6 Å². The Morgan fingerprint density at radius 3 is 1.65 bits per heavy atom. The highest BCUT2D eigenvalue weighted by atomic mass is 32.1. The summed E-state index contributed by atoms with van der Waals surface area (Å²) in [6, 6.07) is 0. The summed E-state index contributed by atoms with van der Waals surface area (Å²) < 4.78 is 5.13. The van der Waals surface area contributed by atoms with Crippen LogP contribution in [0, 0.1) is 0 Å². The largest absolute Gasteiger partial charge is 0.481 e. The Morgan fingerprint density at radius 2 is 1.32 bits per heavy atom. The van der Waals surface area contributed by atoms with E-state index in [1.54, 1.807) is 0 Å². The SMILES string of the molecule is CC(=O)[C@@]1(O)[C@](O)(C(C)=O)[C@](O)(C(C)=O)[C@@H](C(=O)C(O)CCC(=O)O)O[C@]1(S)C(C)=O. The molecular formula is C18H24O12S. The summed E-state index contributed by atoms with van der Waals surface area (Å²) in [5.74, 6) is -8.93. The van der Waals surface area contributed by atoms with Crippen molar-refractivity contribution >= 4 is 47.5 Å². The molecule has 13 heteroatoms. The molecule has 6 atom stereocenters. The summed E-state index contributed by atoms with van der Waals surface area (Å²) in [5, 5.41) is 52.3. The number of hydrogen-bond acceptors (Lipinski definition) is 12. The number of carbonyl (C=O) groups is 6. The van der Waals surface area contributed by atoms with Gasteiger partial charge in [0.2, 0.25) is 16.1 Å². The van der Waals surface area contributed by atoms with Gasteiger partial charge in [-0.1, -0.05) is 0 Å². The molecule has 1 unspecified atom stereocenters. The maximum atomic E-state index is 12.8. The number of aliphatic carboxylic acids is 1. The standard InChI is InChI=1S/C18H24O12S/c1-7(19)15(27)14(13(26)11(23)5-6-12(24)25)30-18(31,10(4)22)17(29,9(3)21)16(15,28)8(2)20/h11,14,23,27-29,31H,5-6H2,1-4H3,(H,24,25)/t11?,14-,15+,16+,17-,18+/m1/s1. The highest BCUT2D eigenvalue weighted by molar-refractivity contribution is 7.82. The van der Waals surface area contributed by atoms with Crippen LogP contribution < -0.4 is 0 Å². The lowest BCUT2D eigenvalue weighted by Crippen LogP contribution is -2.90. The van der Waals surface area contributed by atoms with Crippen molar-refractivity contribution in [1.29, 1.82) is 0 Å².